The maximum Gasteiger partial charge on any atom is 0.251 e. The van der Waals surface area contributed by atoms with Gasteiger partial charge in [0.25, 0.3) is 5.91 Å². The van der Waals surface area contributed by atoms with E-state index in [4.69, 9.17) is 4.42 Å². The molecule has 0 saturated heterocycles. The van der Waals surface area contributed by atoms with Crippen molar-refractivity contribution in [3.63, 3.8) is 0 Å². The Labute approximate surface area is 109 Å². The number of rotatable bonds is 5. The first-order chi connectivity index (χ1) is 9.16. The molecule has 0 aliphatic rings. The molecule has 0 bridgehead atoms. The third-order valence-corrected chi connectivity index (χ3v) is 2.68. The highest BCUT2D eigenvalue weighted by atomic mass is 19.1. The van der Waals surface area contributed by atoms with Gasteiger partial charge in [-0.1, -0.05) is 0 Å². The van der Waals surface area contributed by atoms with Gasteiger partial charge in [0.1, 0.15) is 17.7 Å². The molecule has 2 aromatic rings. The fourth-order valence-corrected chi connectivity index (χ4v) is 1.65. The minimum atomic E-state index is -0.747. The second kappa shape index (κ2) is 6.15. The van der Waals surface area contributed by atoms with Gasteiger partial charge in [0, 0.05) is 12.1 Å². The van der Waals surface area contributed by atoms with Gasteiger partial charge in [-0.3, -0.25) is 4.79 Å². The Bertz CT molecular complexity index is 522. The normalized spacial score (nSPS) is 12.1. The maximum atomic E-state index is 12.7. The Kier molecular flexibility index (Phi) is 4.30. The standard InChI is InChI=1S/C14H14FNO3/c15-11-5-3-10(4-6-11)14(18)16-8-7-12(17)13-2-1-9-19-13/h1-6,9,12,17H,7-8H2,(H,16,18)/t12-/m1/s1. The van der Waals surface area contributed by atoms with E-state index in [1.54, 1.807) is 12.1 Å². The molecular weight excluding hydrogens is 249 g/mol. The predicted molar refractivity (Wildman–Crippen MR) is 67.0 cm³/mol. The predicted octanol–water partition coefficient (Wildman–Crippen LogP) is 2.27. The number of carbonyl (C=O) groups is 1. The molecule has 2 rings (SSSR count). The summed E-state index contributed by atoms with van der Waals surface area (Å²) in [6.45, 7) is 0.304. The van der Waals surface area contributed by atoms with Crippen molar-refractivity contribution in [1.82, 2.24) is 5.32 Å². The van der Waals surface area contributed by atoms with Gasteiger partial charge in [0.15, 0.2) is 0 Å². The number of aliphatic hydroxyl groups is 1. The highest BCUT2D eigenvalue weighted by Crippen LogP contribution is 2.15. The molecule has 1 amide bonds. The van der Waals surface area contributed by atoms with Gasteiger partial charge in [-0.2, -0.15) is 0 Å². The number of benzene rings is 1. The minimum Gasteiger partial charge on any atom is -0.467 e. The summed E-state index contributed by atoms with van der Waals surface area (Å²) < 4.78 is 17.7. The lowest BCUT2D eigenvalue weighted by Gasteiger charge is -2.09. The van der Waals surface area contributed by atoms with Crippen LogP contribution in [-0.2, 0) is 0 Å². The number of halogens is 1. The van der Waals surface area contributed by atoms with E-state index < -0.39 is 6.10 Å². The molecule has 5 heteroatoms. The molecule has 0 unspecified atom stereocenters. The molecule has 4 nitrogen and oxygen atoms in total. The summed E-state index contributed by atoms with van der Waals surface area (Å²) in [5.41, 5.74) is 0.383. The summed E-state index contributed by atoms with van der Waals surface area (Å²) in [4.78, 5) is 11.7. The van der Waals surface area contributed by atoms with E-state index in [9.17, 15) is 14.3 Å². The van der Waals surface area contributed by atoms with Crippen LogP contribution in [0.25, 0.3) is 0 Å². The number of carbonyl (C=O) groups excluding carboxylic acids is 1. The van der Waals surface area contributed by atoms with Gasteiger partial charge in [-0.25, -0.2) is 4.39 Å². The molecule has 0 saturated carbocycles. The Morgan fingerprint density at radius 1 is 1.32 bits per heavy atom. The summed E-state index contributed by atoms with van der Waals surface area (Å²) in [6.07, 6.45) is 1.08. The maximum absolute atomic E-state index is 12.7. The van der Waals surface area contributed by atoms with Crippen molar-refractivity contribution in [3.8, 4) is 0 Å². The summed E-state index contributed by atoms with van der Waals surface area (Å²) >= 11 is 0. The number of amides is 1. The molecule has 0 radical (unpaired) electrons. The first kappa shape index (κ1) is 13.3. The largest absolute Gasteiger partial charge is 0.467 e. The van der Waals surface area contributed by atoms with Crippen LogP contribution in [0.2, 0.25) is 0 Å². The molecule has 1 atom stereocenters. The van der Waals surface area contributed by atoms with Crippen molar-refractivity contribution < 1.29 is 18.7 Å². The number of aliphatic hydroxyl groups excluding tert-OH is 1. The van der Waals surface area contributed by atoms with Crippen LogP contribution in [0.15, 0.2) is 47.1 Å². The van der Waals surface area contributed by atoms with Crippen molar-refractivity contribution in [2.45, 2.75) is 12.5 Å². The Hall–Kier alpha value is -2.14. The molecule has 0 aliphatic carbocycles. The van der Waals surface area contributed by atoms with Gasteiger partial charge in [-0.15, -0.1) is 0 Å². The van der Waals surface area contributed by atoms with Gasteiger partial charge < -0.3 is 14.8 Å². The van der Waals surface area contributed by atoms with Crippen LogP contribution in [0, 0.1) is 5.82 Å². The van der Waals surface area contributed by atoms with Crippen molar-refractivity contribution in [2.75, 3.05) is 6.54 Å². The lowest BCUT2D eigenvalue weighted by atomic mass is 10.2. The highest BCUT2D eigenvalue weighted by molar-refractivity contribution is 5.94. The molecule has 2 N–H and O–H groups in total. The van der Waals surface area contributed by atoms with E-state index >= 15 is 0 Å². The zero-order valence-corrected chi connectivity index (χ0v) is 10.2. The van der Waals surface area contributed by atoms with Gasteiger partial charge in [-0.05, 0) is 42.8 Å². The zero-order valence-electron chi connectivity index (χ0n) is 10.2. The molecule has 0 aliphatic heterocycles. The third-order valence-electron chi connectivity index (χ3n) is 2.68. The zero-order chi connectivity index (χ0) is 13.7. The van der Waals surface area contributed by atoms with Crippen LogP contribution in [-0.4, -0.2) is 17.6 Å². The summed E-state index contributed by atoms with van der Waals surface area (Å²) in [6, 6.07) is 8.64. The summed E-state index contributed by atoms with van der Waals surface area (Å²) in [5.74, 6) is -0.215. The second-order valence-electron chi connectivity index (χ2n) is 4.08. The molecular formula is C14H14FNO3. The molecule has 1 aromatic heterocycles. The number of hydrogen-bond acceptors (Lipinski definition) is 3. The van der Waals surface area contributed by atoms with Crippen molar-refractivity contribution in [2.24, 2.45) is 0 Å². The average molecular weight is 263 g/mol. The Morgan fingerprint density at radius 3 is 2.68 bits per heavy atom. The Balaban J connectivity index is 1.79. The van der Waals surface area contributed by atoms with E-state index in [1.807, 2.05) is 0 Å². The first-order valence-corrected chi connectivity index (χ1v) is 5.92. The first-order valence-electron chi connectivity index (χ1n) is 5.92. The monoisotopic (exact) mass is 263 g/mol. The average Bonchev–Trinajstić information content (AvgIpc) is 2.93. The topological polar surface area (TPSA) is 62.5 Å². The van der Waals surface area contributed by atoms with Gasteiger partial charge >= 0.3 is 0 Å². The smallest absolute Gasteiger partial charge is 0.251 e. The van der Waals surface area contributed by atoms with E-state index in [0.717, 1.165) is 0 Å². The highest BCUT2D eigenvalue weighted by Gasteiger charge is 2.11. The van der Waals surface area contributed by atoms with Crippen LogP contribution < -0.4 is 5.32 Å². The summed E-state index contributed by atoms with van der Waals surface area (Å²) in [5, 5.41) is 12.4. The van der Waals surface area contributed by atoms with E-state index in [1.165, 1.54) is 30.5 Å². The molecule has 0 fully saturated rings. The molecule has 1 aromatic carbocycles. The fourth-order valence-electron chi connectivity index (χ4n) is 1.65. The quantitative estimate of drug-likeness (QED) is 0.869. The van der Waals surface area contributed by atoms with Crippen LogP contribution >= 0.6 is 0 Å². The minimum absolute atomic E-state index is 0.299. The molecule has 0 spiro atoms. The second-order valence-corrected chi connectivity index (χ2v) is 4.08. The lowest BCUT2D eigenvalue weighted by molar-refractivity contribution is 0.0936. The number of furan rings is 1. The lowest BCUT2D eigenvalue weighted by Crippen LogP contribution is -2.25. The van der Waals surface area contributed by atoms with Crippen molar-refractivity contribution in [3.05, 3.63) is 59.8 Å². The van der Waals surface area contributed by atoms with E-state index in [2.05, 4.69) is 5.32 Å². The van der Waals surface area contributed by atoms with Gasteiger partial charge in [0.2, 0.25) is 0 Å². The third kappa shape index (κ3) is 3.66. The molecule has 100 valence electrons. The van der Waals surface area contributed by atoms with Crippen molar-refractivity contribution >= 4 is 5.91 Å². The van der Waals surface area contributed by atoms with E-state index in [-0.39, 0.29) is 11.7 Å². The fraction of sp³-hybridized carbons (Fsp3) is 0.214. The van der Waals surface area contributed by atoms with Gasteiger partial charge in [0.05, 0.1) is 6.26 Å². The van der Waals surface area contributed by atoms with Crippen LogP contribution in [0.5, 0.6) is 0 Å². The van der Waals surface area contributed by atoms with E-state index in [0.29, 0.717) is 24.3 Å². The summed E-state index contributed by atoms with van der Waals surface area (Å²) in [7, 11) is 0. The number of nitrogens with one attached hydrogen (secondary N) is 1. The number of hydrogen-bond donors (Lipinski definition) is 2. The van der Waals surface area contributed by atoms with Crippen molar-refractivity contribution in [1.29, 1.82) is 0 Å². The van der Waals surface area contributed by atoms with Crippen LogP contribution in [0.4, 0.5) is 4.39 Å². The SMILES string of the molecule is O=C(NCC[C@@H](O)c1ccco1)c1ccc(F)cc1. The van der Waals surface area contributed by atoms with Crippen LogP contribution in [0.1, 0.15) is 28.6 Å². The molecule has 1 heterocycles. The molecule has 19 heavy (non-hydrogen) atoms. The Morgan fingerprint density at radius 2 is 2.05 bits per heavy atom. The van der Waals surface area contributed by atoms with Crippen LogP contribution in [0.3, 0.4) is 0 Å².